The fourth-order valence-electron chi connectivity index (χ4n) is 2.17. The molecule has 0 atom stereocenters. The minimum atomic E-state index is -0.659. The number of aryl methyl sites for hydroxylation is 1. The number of benzene rings is 2. The first-order valence-corrected chi connectivity index (χ1v) is 7.73. The van der Waals surface area contributed by atoms with Gasteiger partial charge in [-0.2, -0.15) is 0 Å². The molecule has 0 bridgehead atoms. The maximum atomic E-state index is 12.0. The van der Waals surface area contributed by atoms with Crippen LogP contribution in [0.1, 0.15) is 41.3 Å². The van der Waals surface area contributed by atoms with Gasteiger partial charge >= 0.3 is 5.97 Å². The highest BCUT2D eigenvalue weighted by Crippen LogP contribution is 2.22. The van der Waals surface area contributed by atoms with Crippen molar-refractivity contribution in [3.05, 3.63) is 59.2 Å². The lowest BCUT2D eigenvalue weighted by atomic mass is 10.0. The summed E-state index contributed by atoms with van der Waals surface area (Å²) in [5.74, 6) is -0.749. The van der Waals surface area contributed by atoms with Crippen LogP contribution in [0.2, 0.25) is 0 Å². The summed E-state index contributed by atoms with van der Waals surface area (Å²) < 4.78 is 4.97. The van der Waals surface area contributed by atoms with Gasteiger partial charge in [0, 0.05) is 5.69 Å². The van der Waals surface area contributed by atoms with Gasteiger partial charge < -0.3 is 15.2 Å². The molecule has 2 rings (SSSR count). The molecule has 0 aromatic heterocycles. The summed E-state index contributed by atoms with van der Waals surface area (Å²) in [5, 5.41) is 12.1. The number of nitrogens with one attached hydrogen (secondary N) is 1. The molecule has 5 nitrogen and oxygen atoms in total. The van der Waals surface area contributed by atoms with Crippen molar-refractivity contribution in [1.82, 2.24) is 0 Å². The second-order valence-corrected chi connectivity index (χ2v) is 5.90. The number of hydrogen-bond acceptors (Lipinski definition) is 4. The fraction of sp³-hybridized carbons (Fsp3) is 0.263. The van der Waals surface area contributed by atoms with E-state index in [1.54, 1.807) is 0 Å². The molecule has 2 N–H and O–H groups in total. The van der Waals surface area contributed by atoms with Crippen LogP contribution in [0, 0.1) is 6.92 Å². The van der Waals surface area contributed by atoms with Crippen molar-refractivity contribution in [2.75, 3.05) is 11.9 Å². The number of phenols is 1. The molecule has 2 aromatic carbocycles. The van der Waals surface area contributed by atoms with E-state index < -0.39 is 11.9 Å². The highest BCUT2D eigenvalue weighted by molar-refractivity contribution is 5.96. The number of aromatic hydroxyl groups is 1. The summed E-state index contributed by atoms with van der Waals surface area (Å²) in [4.78, 5) is 23.9. The van der Waals surface area contributed by atoms with Crippen LogP contribution in [0.25, 0.3) is 0 Å². The first-order chi connectivity index (χ1) is 11.4. The summed E-state index contributed by atoms with van der Waals surface area (Å²) in [7, 11) is 0. The Morgan fingerprint density at radius 1 is 1.17 bits per heavy atom. The molecule has 0 aliphatic rings. The van der Waals surface area contributed by atoms with Gasteiger partial charge in [0.1, 0.15) is 5.75 Å². The summed E-state index contributed by atoms with van der Waals surface area (Å²) in [5.41, 5.74) is 2.96. The van der Waals surface area contributed by atoms with Gasteiger partial charge in [-0.1, -0.05) is 32.0 Å². The highest BCUT2D eigenvalue weighted by Gasteiger charge is 2.12. The number of amides is 1. The summed E-state index contributed by atoms with van der Waals surface area (Å²) in [6.45, 7) is 5.67. The van der Waals surface area contributed by atoms with Gasteiger partial charge in [0.2, 0.25) is 0 Å². The zero-order valence-corrected chi connectivity index (χ0v) is 14.0. The number of esters is 1. The summed E-state index contributed by atoms with van der Waals surface area (Å²) in [6, 6.07) is 11.7. The second kappa shape index (κ2) is 7.64. The van der Waals surface area contributed by atoms with Crippen molar-refractivity contribution in [3.63, 3.8) is 0 Å². The molecule has 0 aliphatic heterocycles. The van der Waals surface area contributed by atoms with Gasteiger partial charge in [0.15, 0.2) is 6.61 Å². The van der Waals surface area contributed by atoms with Crippen LogP contribution in [0.15, 0.2) is 42.5 Å². The van der Waals surface area contributed by atoms with Gasteiger partial charge in [-0.25, -0.2) is 4.79 Å². The van der Waals surface area contributed by atoms with Gasteiger partial charge in [-0.05, 0) is 48.2 Å². The topological polar surface area (TPSA) is 75.6 Å². The molecule has 0 saturated carbocycles. The normalized spacial score (nSPS) is 10.5. The fourth-order valence-corrected chi connectivity index (χ4v) is 2.17. The van der Waals surface area contributed by atoms with Crippen molar-refractivity contribution < 1.29 is 19.4 Å². The largest absolute Gasteiger partial charge is 0.508 e. The molecule has 0 unspecified atom stereocenters. The Bertz CT molecular complexity index is 753. The van der Waals surface area contributed by atoms with E-state index in [2.05, 4.69) is 19.2 Å². The molecule has 24 heavy (non-hydrogen) atoms. The number of ether oxygens (including phenoxy) is 1. The Morgan fingerprint density at radius 2 is 1.92 bits per heavy atom. The van der Waals surface area contributed by atoms with Gasteiger partial charge in [0.25, 0.3) is 5.91 Å². The predicted molar refractivity (Wildman–Crippen MR) is 92.3 cm³/mol. The maximum absolute atomic E-state index is 12.0. The van der Waals surface area contributed by atoms with E-state index >= 15 is 0 Å². The average molecular weight is 327 g/mol. The van der Waals surface area contributed by atoms with E-state index in [0.717, 1.165) is 11.1 Å². The van der Waals surface area contributed by atoms with Crippen molar-refractivity contribution in [3.8, 4) is 5.75 Å². The summed E-state index contributed by atoms with van der Waals surface area (Å²) in [6.07, 6.45) is 0. The van der Waals surface area contributed by atoms with Crippen molar-refractivity contribution in [1.29, 1.82) is 0 Å². The van der Waals surface area contributed by atoms with Crippen LogP contribution in [0.4, 0.5) is 5.69 Å². The Labute approximate surface area is 141 Å². The van der Waals surface area contributed by atoms with E-state index in [1.165, 1.54) is 24.3 Å². The minimum Gasteiger partial charge on any atom is -0.508 e. The molecule has 126 valence electrons. The lowest BCUT2D eigenvalue weighted by molar-refractivity contribution is -0.119. The van der Waals surface area contributed by atoms with Crippen LogP contribution >= 0.6 is 0 Å². The average Bonchev–Trinajstić information content (AvgIpc) is 2.54. The Hall–Kier alpha value is -2.82. The number of phenolic OH excluding ortho intramolecular Hbond substituents is 1. The van der Waals surface area contributed by atoms with Crippen LogP contribution in [0.3, 0.4) is 0 Å². The lowest BCUT2D eigenvalue weighted by Gasteiger charge is -2.12. The minimum absolute atomic E-state index is 0.0324. The second-order valence-electron chi connectivity index (χ2n) is 5.90. The smallest absolute Gasteiger partial charge is 0.338 e. The van der Waals surface area contributed by atoms with Crippen molar-refractivity contribution >= 4 is 17.6 Å². The van der Waals surface area contributed by atoms with E-state index in [1.807, 2.05) is 25.1 Å². The Balaban J connectivity index is 1.96. The zero-order valence-electron chi connectivity index (χ0n) is 14.0. The molecule has 0 radical (unpaired) electrons. The number of hydrogen-bond donors (Lipinski definition) is 2. The lowest BCUT2D eigenvalue weighted by Crippen LogP contribution is -2.21. The van der Waals surface area contributed by atoms with Crippen molar-refractivity contribution in [2.45, 2.75) is 26.7 Å². The Morgan fingerprint density at radius 3 is 2.58 bits per heavy atom. The SMILES string of the molecule is Cc1ccc(C(C)C)cc1NC(=O)COC(=O)c1cccc(O)c1. The van der Waals surface area contributed by atoms with Crippen LogP contribution in [-0.4, -0.2) is 23.6 Å². The molecule has 0 spiro atoms. The summed E-state index contributed by atoms with van der Waals surface area (Å²) >= 11 is 0. The highest BCUT2D eigenvalue weighted by atomic mass is 16.5. The molecular weight excluding hydrogens is 306 g/mol. The number of carbonyl (C=O) groups excluding carboxylic acids is 2. The van der Waals surface area contributed by atoms with Crippen LogP contribution in [0.5, 0.6) is 5.75 Å². The molecule has 2 aromatic rings. The Kier molecular flexibility index (Phi) is 5.58. The molecule has 5 heteroatoms. The van der Waals surface area contributed by atoms with E-state index in [9.17, 15) is 14.7 Å². The quantitative estimate of drug-likeness (QED) is 0.823. The third-order valence-electron chi connectivity index (χ3n) is 3.62. The molecule has 0 aliphatic carbocycles. The first-order valence-electron chi connectivity index (χ1n) is 7.73. The molecule has 1 amide bonds. The third-order valence-corrected chi connectivity index (χ3v) is 3.62. The van der Waals surface area contributed by atoms with Crippen molar-refractivity contribution in [2.24, 2.45) is 0 Å². The van der Waals surface area contributed by atoms with E-state index in [0.29, 0.717) is 11.6 Å². The number of carbonyl (C=O) groups is 2. The monoisotopic (exact) mass is 327 g/mol. The molecular formula is C19H21NO4. The van der Waals surface area contributed by atoms with E-state index in [-0.39, 0.29) is 17.9 Å². The van der Waals surface area contributed by atoms with Gasteiger partial charge in [-0.15, -0.1) is 0 Å². The first kappa shape index (κ1) is 17.5. The molecule has 0 heterocycles. The van der Waals surface area contributed by atoms with Gasteiger partial charge in [-0.3, -0.25) is 4.79 Å². The number of rotatable bonds is 5. The predicted octanol–water partition coefficient (Wildman–Crippen LogP) is 3.62. The number of anilines is 1. The molecule has 0 saturated heterocycles. The standard InChI is InChI=1S/C19H21NO4/c1-12(2)14-8-7-13(3)17(10-14)20-18(22)11-24-19(23)15-5-4-6-16(21)9-15/h4-10,12,21H,11H2,1-3H3,(H,20,22). The third kappa shape index (κ3) is 4.59. The van der Waals surface area contributed by atoms with Crippen LogP contribution < -0.4 is 5.32 Å². The van der Waals surface area contributed by atoms with Gasteiger partial charge in [0.05, 0.1) is 5.56 Å². The van der Waals surface area contributed by atoms with Crippen LogP contribution in [-0.2, 0) is 9.53 Å². The molecule has 0 fully saturated rings. The van der Waals surface area contributed by atoms with E-state index in [4.69, 9.17) is 4.74 Å². The zero-order chi connectivity index (χ0) is 17.7. The maximum Gasteiger partial charge on any atom is 0.338 e.